The van der Waals surface area contributed by atoms with E-state index < -0.39 is 17.7 Å². The van der Waals surface area contributed by atoms with Crippen molar-refractivity contribution in [1.82, 2.24) is 9.80 Å². The van der Waals surface area contributed by atoms with Crippen LogP contribution in [0.25, 0.3) is 0 Å². The first-order valence-electron chi connectivity index (χ1n) is 6.96. The minimum atomic E-state index is -0.711. The van der Waals surface area contributed by atoms with Crippen molar-refractivity contribution >= 4 is 11.8 Å². The van der Waals surface area contributed by atoms with Crippen LogP contribution in [0, 0.1) is 11.6 Å². The monoisotopic (exact) mass is 296 g/mol. The van der Waals surface area contributed by atoms with Gasteiger partial charge >= 0.3 is 0 Å². The minimum absolute atomic E-state index is 0.0346. The average Bonchev–Trinajstić information content (AvgIpc) is 2.43. The van der Waals surface area contributed by atoms with Crippen molar-refractivity contribution < 1.29 is 18.4 Å². The van der Waals surface area contributed by atoms with Crippen molar-refractivity contribution in [1.29, 1.82) is 0 Å². The number of nitrogens with zero attached hydrogens (tertiary/aromatic N) is 2. The summed E-state index contributed by atoms with van der Waals surface area (Å²) in [4.78, 5) is 27.0. The molecule has 4 nitrogen and oxygen atoms in total. The lowest BCUT2D eigenvalue weighted by Crippen LogP contribution is -2.58. The van der Waals surface area contributed by atoms with Crippen molar-refractivity contribution in [2.45, 2.75) is 32.9 Å². The molecular weight excluding hydrogens is 278 g/mol. The van der Waals surface area contributed by atoms with Gasteiger partial charge in [-0.2, -0.15) is 0 Å². The number of rotatable bonds is 4. The molecule has 0 bridgehead atoms. The first-order valence-corrected chi connectivity index (χ1v) is 6.96. The number of piperazine rings is 1. The molecule has 1 saturated heterocycles. The number of hydrogen-bond donors (Lipinski definition) is 0. The van der Waals surface area contributed by atoms with Crippen LogP contribution >= 0.6 is 0 Å². The fourth-order valence-electron chi connectivity index (χ4n) is 2.48. The lowest BCUT2D eigenvalue weighted by Gasteiger charge is -2.38. The summed E-state index contributed by atoms with van der Waals surface area (Å²) in [5.41, 5.74) is -0.186. The summed E-state index contributed by atoms with van der Waals surface area (Å²) in [5.74, 6) is -1.90. The smallest absolute Gasteiger partial charge is 0.245 e. The summed E-state index contributed by atoms with van der Waals surface area (Å²) >= 11 is 0. The fourth-order valence-corrected chi connectivity index (χ4v) is 2.48. The highest BCUT2D eigenvalue weighted by atomic mass is 19.1. The van der Waals surface area contributed by atoms with Crippen LogP contribution in [0.15, 0.2) is 18.2 Å². The molecule has 1 heterocycles. The molecule has 2 rings (SSSR count). The number of benzene rings is 1. The summed E-state index contributed by atoms with van der Waals surface area (Å²) in [6.07, 6.45) is 0.758. The second kappa shape index (κ2) is 6.20. The molecule has 114 valence electrons. The van der Waals surface area contributed by atoms with Crippen LogP contribution in [0.5, 0.6) is 0 Å². The van der Waals surface area contributed by atoms with Gasteiger partial charge in [0.1, 0.15) is 17.7 Å². The lowest BCUT2D eigenvalue weighted by atomic mass is 10.1. The van der Waals surface area contributed by atoms with Crippen LogP contribution in [0.3, 0.4) is 0 Å². The Labute approximate surface area is 122 Å². The van der Waals surface area contributed by atoms with Gasteiger partial charge in [-0.25, -0.2) is 8.78 Å². The minimum Gasteiger partial charge on any atom is -0.332 e. The van der Waals surface area contributed by atoms with E-state index in [-0.39, 0.29) is 30.5 Å². The molecule has 1 aromatic rings. The van der Waals surface area contributed by atoms with Crippen LogP contribution in [-0.4, -0.2) is 40.7 Å². The van der Waals surface area contributed by atoms with Gasteiger partial charge in [-0.3, -0.25) is 9.59 Å². The standard InChI is InChI=1S/C15H18F2N2O2/c1-3-7-18-9-14(20)19(10(2)15(18)21)8-11-12(16)5-4-6-13(11)17/h4-6,10H,3,7-9H2,1-2H3/t10-/m0/s1. The predicted octanol–water partition coefficient (Wildman–Crippen LogP) is 1.93. The van der Waals surface area contributed by atoms with E-state index in [0.717, 1.165) is 18.6 Å². The van der Waals surface area contributed by atoms with E-state index in [2.05, 4.69) is 0 Å². The van der Waals surface area contributed by atoms with Gasteiger partial charge in [-0.15, -0.1) is 0 Å². The Balaban J connectivity index is 2.21. The van der Waals surface area contributed by atoms with E-state index in [0.29, 0.717) is 6.54 Å². The Morgan fingerprint density at radius 3 is 2.43 bits per heavy atom. The van der Waals surface area contributed by atoms with E-state index in [1.807, 2.05) is 6.92 Å². The summed E-state index contributed by atoms with van der Waals surface area (Å²) in [6.45, 7) is 3.75. The second-order valence-electron chi connectivity index (χ2n) is 5.16. The van der Waals surface area contributed by atoms with Gasteiger partial charge in [0, 0.05) is 12.1 Å². The fraction of sp³-hybridized carbons (Fsp3) is 0.467. The number of halogens is 2. The molecule has 1 aliphatic rings. The van der Waals surface area contributed by atoms with E-state index in [1.54, 1.807) is 6.92 Å². The second-order valence-corrected chi connectivity index (χ2v) is 5.16. The third kappa shape index (κ3) is 3.04. The predicted molar refractivity (Wildman–Crippen MR) is 73.2 cm³/mol. The van der Waals surface area contributed by atoms with Crippen LogP contribution in [0.1, 0.15) is 25.8 Å². The molecule has 0 aromatic heterocycles. The van der Waals surface area contributed by atoms with Gasteiger partial charge in [0.15, 0.2) is 0 Å². The van der Waals surface area contributed by atoms with Crippen LogP contribution in [-0.2, 0) is 16.1 Å². The quantitative estimate of drug-likeness (QED) is 0.852. The van der Waals surface area contributed by atoms with Crippen LogP contribution < -0.4 is 0 Å². The third-order valence-corrected chi connectivity index (χ3v) is 3.67. The van der Waals surface area contributed by atoms with Gasteiger partial charge in [0.2, 0.25) is 11.8 Å². The summed E-state index contributed by atoms with van der Waals surface area (Å²) in [6, 6.07) is 2.84. The molecule has 0 spiro atoms. The Morgan fingerprint density at radius 2 is 1.86 bits per heavy atom. The molecular formula is C15H18F2N2O2. The number of carbonyl (C=O) groups is 2. The highest BCUT2D eigenvalue weighted by Crippen LogP contribution is 2.20. The maximum absolute atomic E-state index is 13.7. The van der Waals surface area contributed by atoms with Gasteiger partial charge in [-0.1, -0.05) is 13.0 Å². The number of carbonyl (C=O) groups excluding carboxylic acids is 2. The molecule has 0 saturated carbocycles. The normalized spacial score (nSPS) is 19.3. The SMILES string of the molecule is CCCN1CC(=O)N(Cc2c(F)cccc2F)[C@@H](C)C1=O. The third-order valence-electron chi connectivity index (χ3n) is 3.67. The van der Waals surface area contributed by atoms with Crippen molar-refractivity contribution in [3.8, 4) is 0 Å². The molecule has 0 unspecified atom stereocenters. The number of hydrogen-bond acceptors (Lipinski definition) is 2. The van der Waals surface area contributed by atoms with Crippen molar-refractivity contribution in [3.05, 3.63) is 35.4 Å². The summed E-state index contributed by atoms with van der Waals surface area (Å²) in [5, 5.41) is 0. The molecule has 1 aliphatic heterocycles. The lowest BCUT2D eigenvalue weighted by molar-refractivity contribution is -0.155. The molecule has 21 heavy (non-hydrogen) atoms. The average molecular weight is 296 g/mol. The highest BCUT2D eigenvalue weighted by Gasteiger charge is 2.36. The van der Waals surface area contributed by atoms with E-state index in [1.165, 1.54) is 15.9 Å². The van der Waals surface area contributed by atoms with Gasteiger partial charge < -0.3 is 9.80 Å². The largest absolute Gasteiger partial charge is 0.332 e. The van der Waals surface area contributed by atoms with Gasteiger partial charge in [0.05, 0.1) is 13.1 Å². The maximum atomic E-state index is 13.7. The zero-order chi connectivity index (χ0) is 15.6. The van der Waals surface area contributed by atoms with E-state index in [4.69, 9.17) is 0 Å². The first-order chi connectivity index (χ1) is 9.95. The van der Waals surface area contributed by atoms with Crippen LogP contribution in [0.2, 0.25) is 0 Å². The zero-order valence-electron chi connectivity index (χ0n) is 12.1. The molecule has 0 N–H and O–H groups in total. The van der Waals surface area contributed by atoms with Gasteiger partial charge in [-0.05, 0) is 25.5 Å². The Hall–Kier alpha value is -1.98. The van der Waals surface area contributed by atoms with E-state index in [9.17, 15) is 18.4 Å². The van der Waals surface area contributed by atoms with E-state index >= 15 is 0 Å². The number of amides is 2. The molecule has 0 aliphatic carbocycles. The molecule has 2 amide bonds. The molecule has 1 aromatic carbocycles. The topological polar surface area (TPSA) is 40.6 Å². The Morgan fingerprint density at radius 1 is 1.24 bits per heavy atom. The molecule has 6 heteroatoms. The highest BCUT2D eigenvalue weighted by molar-refractivity contribution is 5.94. The Bertz CT molecular complexity index is 542. The summed E-state index contributed by atoms with van der Waals surface area (Å²) < 4.78 is 27.4. The van der Waals surface area contributed by atoms with Crippen molar-refractivity contribution in [3.63, 3.8) is 0 Å². The van der Waals surface area contributed by atoms with Crippen LogP contribution in [0.4, 0.5) is 8.78 Å². The van der Waals surface area contributed by atoms with Crippen molar-refractivity contribution in [2.75, 3.05) is 13.1 Å². The van der Waals surface area contributed by atoms with Crippen molar-refractivity contribution in [2.24, 2.45) is 0 Å². The molecule has 0 radical (unpaired) electrons. The van der Waals surface area contributed by atoms with Gasteiger partial charge in [0.25, 0.3) is 0 Å². The molecule has 1 fully saturated rings. The zero-order valence-corrected chi connectivity index (χ0v) is 12.1. The first kappa shape index (κ1) is 15.4. The molecule has 1 atom stereocenters. The Kier molecular flexibility index (Phi) is 4.55. The summed E-state index contributed by atoms with van der Waals surface area (Å²) in [7, 11) is 0. The maximum Gasteiger partial charge on any atom is 0.245 e.